The van der Waals surface area contributed by atoms with Crippen LogP contribution < -0.4 is 0 Å². The number of carbonyl (C=O) groups excluding carboxylic acids is 1. The Morgan fingerprint density at radius 1 is 1.69 bits per heavy atom. The second kappa shape index (κ2) is 4.70. The third-order valence-corrected chi connectivity index (χ3v) is 1.28. The molecule has 6 nitrogen and oxygen atoms in total. The van der Waals surface area contributed by atoms with Gasteiger partial charge in [-0.2, -0.15) is 8.78 Å². The molecule has 8 heteroatoms. The summed E-state index contributed by atoms with van der Waals surface area (Å²) in [7, 11) is 0. The maximum Gasteiger partial charge on any atom is 0.313 e. The van der Waals surface area contributed by atoms with Crippen LogP contribution >= 0.6 is 0 Å². The first-order valence-electron chi connectivity index (χ1n) is 3.17. The van der Waals surface area contributed by atoms with Gasteiger partial charge < -0.3 is 10.2 Å². The van der Waals surface area contributed by atoms with Crippen molar-refractivity contribution in [2.75, 3.05) is 6.61 Å². The Labute approximate surface area is 71.4 Å². The molecule has 0 aliphatic heterocycles. The van der Waals surface area contributed by atoms with Crippen molar-refractivity contribution in [3.05, 3.63) is 10.4 Å². The third kappa shape index (κ3) is 2.94. The predicted octanol–water partition coefficient (Wildman–Crippen LogP) is -0.147. The SMILES string of the molecule is [N-]=[N+]=NC([C@H](O)CO)C(F)(F)C=O. The van der Waals surface area contributed by atoms with E-state index in [9.17, 15) is 13.6 Å². The summed E-state index contributed by atoms with van der Waals surface area (Å²) in [5, 5.41) is 19.6. The average molecular weight is 195 g/mol. The molecule has 0 rings (SSSR count). The van der Waals surface area contributed by atoms with Gasteiger partial charge in [0.2, 0.25) is 0 Å². The van der Waals surface area contributed by atoms with Crippen molar-refractivity contribution in [3.63, 3.8) is 0 Å². The Morgan fingerprint density at radius 2 is 2.23 bits per heavy atom. The molecule has 0 aliphatic carbocycles. The lowest BCUT2D eigenvalue weighted by molar-refractivity contribution is -0.137. The maximum atomic E-state index is 12.5. The lowest BCUT2D eigenvalue weighted by Gasteiger charge is -2.20. The van der Waals surface area contributed by atoms with Gasteiger partial charge in [0.15, 0.2) is 6.29 Å². The van der Waals surface area contributed by atoms with E-state index < -0.39 is 31.0 Å². The second-order valence-corrected chi connectivity index (χ2v) is 2.19. The highest BCUT2D eigenvalue weighted by atomic mass is 19.3. The minimum atomic E-state index is -3.98. The number of aliphatic hydroxyl groups excluding tert-OH is 2. The molecule has 2 N–H and O–H groups in total. The molecule has 13 heavy (non-hydrogen) atoms. The van der Waals surface area contributed by atoms with Crippen LogP contribution in [0.1, 0.15) is 0 Å². The van der Waals surface area contributed by atoms with Gasteiger partial charge in [0.25, 0.3) is 0 Å². The summed E-state index contributed by atoms with van der Waals surface area (Å²) in [5.41, 5.74) is 7.86. The predicted molar refractivity (Wildman–Crippen MR) is 37.0 cm³/mol. The van der Waals surface area contributed by atoms with Gasteiger partial charge in [-0.25, -0.2) is 0 Å². The molecule has 0 radical (unpaired) electrons. The summed E-state index contributed by atoms with van der Waals surface area (Å²) in [6.07, 6.45) is -2.71. The van der Waals surface area contributed by atoms with Crippen molar-refractivity contribution >= 4 is 6.29 Å². The number of hydrogen-bond acceptors (Lipinski definition) is 4. The van der Waals surface area contributed by atoms with E-state index in [-0.39, 0.29) is 0 Å². The number of aliphatic hydroxyl groups is 2. The molecule has 0 aromatic carbocycles. The van der Waals surface area contributed by atoms with Crippen LogP contribution in [0, 0.1) is 0 Å². The summed E-state index contributed by atoms with van der Waals surface area (Å²) < 4.78 is 25.1. The van der Waals surface area contributed by atoms with Crippen LogP contribution in [-0.2, 0) is 4.79 Å². The molecule has 0 aromatic heterocycles. The van der Waals surface area contributed by atoms with Crippen molar-refractivity contribution in [3.8, 4) is 0 Å². The van der Waals surface area contributed by atoms with Crippen LogP contribution in [0.25, 0.3) is 10.4 Å². The second-order valence-electron chi connectivity index (χ2n) is 2.19. The van der Waals surface area contributed by atoms with E-state index in [0.29, 0.717) is 0 Å². The van der Waals surface area contributed by atoms with Gasteiger partial charge in [0, 0.05) is 4.91 Å². The van der Waals surface area contributed by atoms with Crippen LogP contribution in [0.3, 0.4) is 0 Å². The molecule has 0 spiro atoms. The number of carbonyl (C=O) groups is 1. The lowest BCUT2D eigenvalue weighted by Crippen LogP contribution is -2.43. The highest BCUT2D eigenvalue weighted by Crippen LogP contribution is 2.21. The lowest BCUT2D eigenvalue weighted by atomic mass is 10.1. The summed E-state index contributed by atoms with van der Waals surface area (Å²) in [6.45, 7) is -1.02. The van der Waals surface area contributed by atoms with Crippen LogP contribution in [0.2, 0.25) is 0 Å². The van der Waals surface area contributed by atoms with Crippen molar-refractivity contribution in [1.29, 1.82) is 0 Å². The average Bonchev–Trinajstić information content (AvgIpc) is 2.12. The van der Waals surface area contributed by atoms with Crippen LogP contribution in [-0.4, -0.2) is 41.2 Å². The normalized spacial score (nSPS) is 15.7. The van der Waals surface area contributed by atoms with Gasteiger partial charge in [0.05, 0.1) is 12.7 Å². The van der Waals surface area contributed by atoms with E-state index in [2.05, 4.69) is 5.11 Å². The van der Waals surface area contributed by atoms with E-state index in [1.54, 1.807) is 0 Å². The molecule has 2 atom stereocenters. The smallest absolute Gasteiger partial charge is 0.313 e. The minimum Gasteiger partial charge on any atom is -0.394 e. The first-order valence-corrected chi connectivity index (χ1v) is 3.17. The highest BCUT2D eigenvalue weighted by Gasteiger charge is 2.43. The van der Waals surface area contributed by atoms with Crippen molar-refractivity contribution in [1.82, 2.24) is 0 Å². The fourth-order valence-electron chi connectivity index (χ4n) is 0.636. The van der Waals surface area contributed by atoms with E-state index in [0.717, 1.165) is 0 Å². The molecule has 1 unspecified atom stereocenters. The first-order chi connectivity index (χ1) is 5.99. The number of hydrogen-bond donors (Lipinski definition) is 2. The first kappa shape index (κ1) is 11.8. The topological polar surface area (TPSA) is 106 Å². The molecule has 0 bridgehead atoms. The molecule has 0 aromatic rings. The zero-order valence-corrected chi connectivity index (χ0v) is 6.34. The fourth-order valence-corrected chi connectivity index (χ4v) is 0.636. The largest absolute Gasteiger partial charge is 0.394 e. The molecular formula is C5H7F2N3O3. The van der Waals surface area contributed by atoms with Crippen molar-refractivity contribution in [2.45, 2.75) is 18.1 Å². The van der Waals surface area contributed by atoms with Gasteiger partial charge in [-0.05, 0) is 5.53 Å². The molecule has 0 saturated heterocycles. The Hall–Kier alpha value is -1.24. The summed E-state index contributed by atoms with van der Waals surface area (Å²) in [4.78, 5) is 11.9. The zero-order valence-electron chi connectivity index (χ0n) is 6.34. The number of azide groups is 1. The Morgan fingerprint density at radius 3 is 2.54 bits per heavy atom. The number of alkyl halides is 2. The van der Waals surface area contributed by atoms with Gasteiger partial charge in [-0.1, -0.05) is 5.11 Å². The van der Waals surface area contributed by atoms with Gasteiger partial charge in [0.1, 0.15) is 6.04 Å². The number of nitrogens with zero attached hydrogens (tertiary/aromatic N) is 3. The highest BCUT2D eigenvalue weighted by molar-refractivity contribution is 5.61. The Balaban J connectivity index is 4.79. The van der Waals surface area contributed by atoms with E-state index in [1.165, 1.54) is 0 Å². The quantitative estimate of drug-likeness (QED) is 0.275. The van der Waals surface area contributed by atoms with E-state index in [1.807, 2.05) is 4.91 Å². The van der Waals surface area contributed by atoms with Crippen molar-refractivity contribution in [2.24, 2.45) is 5.11 Å². The van der Waals surface area contributed by atoms with Gasteiger partial charge >= 0.3 is 5.92 Å². The van der Waals surface area contributed by atoms with Crippen LogP contribution in [0.4, 0.5) is 8.78 Å². The standard InChI is InChI=1S/C5H7F2N3O3/c6-5(7,2-12)4(9-10-8)3(13)1-11/h2-4,11,13H,1H2/t3-,4?/m1/s1. The summed E-state index contributed by atoms with van der Waals surface area (Å²) in [5.74, 6) is -3.98. The molecule has 0 fully saturated rings. The molecule has 74 valence electrons. The van der Waals surface area contributed by atoms with Gasteiger partial charge in [-0.3, -0.25) is 4.79 Å². The Kier molecular flexibility index (Phi) is 4.26. The van der Waals surface area contributed by atoms with E-state index >= 15 is 0 Å². The Bertz CT molecular complexity index is 229. The fraction of sp³-hybridized carbons (Fsp3) is 0.800. The monoisotopic (exact) mass is 195 g/mol. The van der Waals surface area contributed by atoms with Gasteiger partial charge in [-0.15, -0.1) is 0 Å². The molecular weight excluding hydrogens is 188 g/mol. The van der Waals surface area contributed by atoms with Crippen LogP contribution in [0.5, 0.6) is 0 Å². The summed E-state index contributed by atoms with van der Waals surface area (Å²) in [6, 6.07) is -2.28. The molecule has 0 aliphatic rings. The maximum absolute atomic E-state index is 12.5. The number of aldehydes is 1. The van der Waals surface area contributed by atoms with Crippen LogP contribution in [0.15, 0.2) is 5.11 Å². The minimum absolute atomic E-state index is 0.745. The molecule has 0 heterocycles. The van der Waals surface area contributed by atoms with Crippen molar-refractivity contribution < 1.29 is 23.8 Å². The summed E-state index contributed by atoms with van der Waals surface area (Å²) >= 11 is 0. The van der Waals surface area contributed by atoms with E-state index in [4.69, 9.17) is 15.7 Å². The number of rotatable bonds is 5. The molecule has 0 saturated carbocycles. The zero-order chi connectivity index (χ0) is 10.5. The molecule has 0 amide bonds. The third-order valence-electron chi connectivity index (χ3n) is 1.28. The number of halogens is 2.